The van der Waals surface area contributed by atoms with Gasteiger partial charge in [0.1, 0.15) is 5.75 Å². The fourth-order valence-electron chi connectivity index (χ4n) is 4.90. The van der Waals surface area contributed by atoms with Crippen molar-refractivity contribution in [2.45, 2.75) is 18.9 Å². The number of methoxy groups -OCH3 is 1. The smallest absolute Gasteiger partial charge is 0.271 e. The van der Waals surface area contributed by atoms with Crippen molar-refractivity contribution in [2.24, 2.45) is 4.99 Å². The summed E-state index contributed by atoms with van der Waals surface area (Å²) in [7, 11) is 1.69. The molecule has 1 unspecified atom stereocenters. The molecule has 0 N–H and O–H groups in total. The van der Waals surface area contributed by atoms with Gasteiger partial charge in [0.25, 0.3) is 5.56 Å². The molecule has 1 atom stereocenters. The van der Waals surface area contributed by atoms with Gasteiger partial charge in [-0.05, 0) is 76.4 Å². The molecule has 0 saturated heterocycles. The van der Waals surface area contributed by atoms with Crippen LogP contribution in [0, 0.1) is 3.57 Å². The molecule has 34 heavy (non-hydrogen) atoms. The molecule has 1 aliphatic heterocycles. The predicted octanol–water partition coefficient (Wildman–Crippen LogP) is 4.93. The van der Waals surface area contributed by atoms with Gasteiger partial charge in [0, 0.05) is 14.7 Å². The topological polar surface area (TPSA) is 43.6 Å². The number of nitrogens with zero attached hydrogens (tertiary/aromatic N) is 2. The Morgan fingerprint density at radius 2 is 1.79 bits per heavy atom. The molecule has 0 bridgehead atoms. The summed E-state index contributed by atoms with van der Waals surface area (Å²) in [5.41, 5.74) is 6.64. The van der Waals surface area contributed by atoms with Crippen LogP contribution >= 0.6 is 33.9 Å². The van der Waals surface area contributed by atoms with Gasteiger partial charge in [0.05, 0.1) is 23.4 Å². The summed E-state index contributed by atoms with van der Waals surface area (Å²) in [6.45, 7) is 0. The maximum absolute atomic E-state index is 13.8. The first-order chi connectivity index (χ1) is 16.6. The fraction of sp³-hybridized carbons (Fsp3) is 0.143. The lowest BCUT2D eigenvalue weighted by atomic mass is 9.83. The van der Waals surface area contributed by atoms with E-state index in [0.717, 1.165) is 40.2 Å². The Morgan fingerprint density at radius 3 is 2.62 bits per heavy atom. The van der Waals surface area contributed by atoms with Crippen LogP contribution in [-0.4, -0.2) is 11.7 Å². The van der Waals surface area contributed by atoms with Gasteiger partial charge < -0.3 is 4.74 Å². The number of halogens is 1. The van der Waals surface area contributed by atoms with E-state index in [9.17, 15) is 4.79 Å². The first-order valence-corrected chi connectivity index (χ1v) is 13.0. The minimum Gasteiger partial charge on any atom is -0.496 e. The van der Waals surface area contributed by atoms with Crippen molar-refractivity contribution in [3.63, 3.8) is 0 Å². The van der Waals surface area contributed by atoms with E-state index in [0.29, 0.717) is 4.53 Å². The number of ether oxygens (including phenoxy) is 1. The second-order valence-corrected chi connectivity index (χ2v) is 10.7. The van der Waals surface area contributed by atoms with Gasteiger partial charge in [-0.1, -0.05) is 65.9 Å². The van der Waals surface area contributed by atoms with Crippen LogP contribution in [0.5, 0.6) is 5.75 Å². The highest BCUT2D eigenvalue weighted by Crippen LogP contribution is 2.43. The van der Waals surface area contributed by atoms with E-state index in [1.54, 1.807) is 7.11 Å². The largest absolute Gasteiger partial charge is 0.496 e. The van der Waals surface area contributed by atoms with Crippen molar-refractivity contribution in [2.75, 3.05) is 7.11 Å². The molecule has 4 aromatic rings. The number of aryl methyl sites for hydroxylation is 1. The van der Waals surface area contributed by atoms with E-state index in [4.69, 9.17) is 9.73 Å². The number of aromatic nitrogens is 1. The Hall–Kier alpha value is -2.97. The molecule has 168 valence electrons. The van der Waals surface area contributed by atoms with E-state index < -0.39 is 0 Å². The fourth-order valence-corrected chi connectivity index (χ4v) is 6.26. The molecule has 0 fully saturated rings. The lowest BCUT2D eigenvalue weighted by Gasteiger charge is -2.31. The van der Waals surface area contributed by atoms with Crippen LogP contribution in [0.25, 0.3) is 11.8 Å². The lowest BCUT2D eigenvalue weighted by molar-refractivity contribution is 0.402. The van der Waals surface area contributed by atoms with Crippen molar-refractivity contribution >= 4 is 45.7 Å². The van der Waals surface area contributed by atoms with Gasteiger partial charge >= 0.3 is 0 Å². The highest BCUT2D eigenvalue weighted by molar-refractivity contribution is 14.1. The van der Waals surface area contributed by atoms with Crippen molar-refractivity contribution < 1.29 is 4.74 Å². The molecule has 0 spiro atoms. The molecule has 6 heteroatoms. The highest BCUT2D eigenvalue weighted by Gasteiger charge is 2.33. The van der Waals surface area contributed by atoms with E-state index in [2.05, 4.69) is 65.1 Å². The molecule has 4 nitrogen and oxygen atoms in total. The van der Waals surface area contributed by atoms with Crippen molar-refractivity contribution in [3.8, 4) is 5.75 Å². The van der Waals surface area contributed by atoms with Crippen LogP contribution in [0.2, 0.25) is 0 Å². The number of thiazole rings is 1. The molecular formula is C28H21IN2O2S. The molecule has 1 aliphatic carbocycles. The monoisotopic (exact) mass is 576 g/mol. The molecule has 1 aromatic heterocycles. The first-order valence-electron chi connectivity index (χ1n) is 11.2. The molecule has 0 amide bonds. The Morgan fingerprint density at radius 1 is 1.03 bits per heavy atom. The number of benzene rings is 3. The maximum atomic E-state index is 13.8. The minimum atomic E-state index is -0.241. The van der Waals surface area contributed by atoms with Gasteiger partial charge in [0.2, 0.25) is 0 Å². The van der Waals surface area contributed by atoms with Crippen LogP contribution in [0.1, 0.15) is 34.7 Å². The van der Waals surface area contributed by atoms with Crippen LogP contribution in [0.15, 0.2) is 88.2 Å². The lowest BCUT2D eigenvalue weighted by Crippen LogP contribution is -2.38. The summed E-state index contributed by atoms with van der Waals surface area (Å²) in [4.78, 5) is 19.6. The van der Waals surface area contributed by atoms with E-state index in [-0.39, 0.29) is 11.6 Å². The number of hydrogen-bond donors (Lipinski definition) is 0. The van der Waals surface area contributed by atoms with Gasteiger partial charge in [-0.15, -0.1) is 0 Å². The van der Waals surface area contributed by atoms with Crippen LogP contribution in [0.4, 0.5) is 0 Å². The Bertz CT molecular complexity index is 1630. The maximum Gasteiger partial charge on any atom is 0.271 e. The van der Waals surface area contributed by atoms with Crippen molar-refractivity contribution in [1.29, 1.82) is 0 Å². The number of allylic oxidation sites excluding steroid dienone is 1. The number of rotatable bonds is 3. The minimum absolute atomic E-state index is 0.0105. The van der Waals surface area contributed by atoms with Crippen molar-refractivity contribution in [1.82, 2.24) is 4.57 Å². The van der Waals surface area contributed by atoms with Crippen molar-refractivity contribution in [3.05, 3.63) is 124 Å². The highest BCUT2D eigenvalue weighted by atomic mass is 127. The molecule has 2 aliphatic rings. The average Bonchev–Trinajstić information content (AvgIpc) is 3.18. The van der Waals surface area contributed by atoms with Gasteiger partial charge in [-0.2, -0.15) is 0 Å². The first kappa shape index (κ1) is 21.6. The molecule has 0 radical (unpaired) electrons. The third kappa shape index (κ3) is 3.56. The Labute approximate surface area is 214 Å². The second kappa shape index (κ2) is 8.67. The summed E-state index contributed by atoms with van der Waals surface area (Å²) >= 11 is 3.74. The zero-order valence-electron chi connectivity index (χ0n) is 18.5. The standard InChI is InChI=1S/C28H21IN2O2S/c1-33-23-9-5-4-8-21(23)26-22-15-12-18-6-2-3-7-20(18)25(22)30-28-31(26)27(32)24(34-28)16-17-10-13-19(29)14-11-17/h2-11,13-14,16,26H,12,15H2,1H3. The molecule has 6 rings (SSSR count). The van der Waals surface area contributed by atoms with Gasteiger partial charge in [-0.25, -0.2) is 4.99 Å². The quantitative estimate of drug-likeness (QED) is 0.325. The van der Waals surface area contributed by atoms with E-state index >= 15 is 0 Å². The van der Waals surface area contributed by atoms with Gasteiger partial charge in [0.15, 0.2) is 4.80 Å². The van der Waals surface area contributed by atoms with Gasteiger partial charge in [-0.3, -0.25) is 9.36 Å². The van der Waals surface area contributed by atoms with E-state index in [1.165, 1.54) is 31.6 Å². The summed E-state index contributed by atoms with van der Waals surface area (Å²) < 4.78 is 9.46. The zero-order chi connectivity index (χ0) is 23.2. The molecule has 0 saturated carbocycles. The average molecular weight is 576 g/mol. The number of para-hydroxylation sites is 1. The molecule has 3 aromatic carbocycles. The molecular weight excluding hydrogens is 555 g/mol. The Balaban J connectivity index is 1.64. The number of fused-ring (bicyclic) bond motifs is 3. The second-order valence-electron chi connectivity index (χ2n) is 8.41. The zero-order valence-corrected chi connectivity index (χ0v) is 21.5. The third-order valence-corrected chi connectivity index (χ3v) is 8.18. The SMILES string of the molecule is COc1ccccc1C1C2=C(N=c3sc(=Cc4ccc(I)cc4)c(=O)n31)c1ccccc1CC2. The third-order valence-electron chi connectivity index (χ3n) is 6.47. The predicted molar refractivity (Wildman–Crippen MR) is 145 cm³/mol. The number of hydrogen-bond acceptors (Lipinski definition) is 4. The summed E-state index contributed by atoms with van der Waals surface area (Å²) in [6.07, 6.45) is 3.76. The van der Waals surface area contributed by atoms with Crippen LogP contribution in [0.3, 0.4) is 0 Å². The van der Waals surface area contributed by atoms with E-state index in [1.807, 2.05) is 41.0 Å². The van der Waals surface area contributed by atoms with Crippen LogP contribution < -0.4 is 19.6 Å². The molecule has 2 heterocycles. The Kier molecular flexibility index (Phi) is 5.50. The van der Waals surface area contributed by atoms with Crippen LogP contribution in [-0.2, 0) is 6.42 Å². The summed E-state index contributed by atoms with van der Waals surface area (Å²) in [5, 5.41) is 0. The summed E-state index contributed by atoms with van der Waals surface area (Å²) in [6, 6.07) is 24.4. The normalized spacial score (nSPS) is 17.0. The summed E-state index contributed by atoms with van der Waals surface area (Å²) in [5.74, 6) is 0.785.